The summed E-state index contributed by atoms with van der Waals surface area (Å²) in [6.07, 6.45) is 1.59. The Bertz CT molecular complexity index is 650. The van der Waals surface area contributed by atoms with Crippen LogP contribution in [0.3, 0.4) is 0 Å². The number of amides is 1. The summed E-state index contributed by atoms with van der Waals surface area (Å²) in [5.74, 6) is 0.236. The second kappa shape index (κ2) is 7.16. The first-order valence-electron chi connectivity index (χ1n) is 7.00. The molecule has 0 saturated heterocycles. The molecule has 5 heteroatoms. The highest BCUT2D eigenvalue weighted by Crippen LogP contribution is 2.26. The number of pyridine rings is 1. The minimum Gasteiger partial charge on any atom is -0.323 e. The quantitative estimate of drug-likeness (QED) is 0.647. The van der Waals surface area contributed by atoms with Crippen molar-refractivity contribution in [1.82, 2.24) is 4.98 Å². The van der Waals surface area contributed by atoms with E-state index in [2.05, 4.69) is 55.3 Å². The van der Waals surface area contributed by atoms with Gasteiger partial charge in [-0.3, -0.25) is 4.79 Å². The van der Waals surface area contributed by atoms with Gasteiger partial charge in [-0.1, -0.05) is 44.5 Å². The summed E-state index contributed by atoms with van der Waals surface area (Å²) in [5.41, 5.74) is 1.96. The number of carbonyl (C=O) groups excluding carboxylic acids is 1. The van der Waals surface area contributed by atoms with Crippen LogP contribution in [0.4, 0.5) is 5.69 Å². The van der Waals surface area contributed by atoms with Crippen LogP contribution in [0.15, 0.2) is 47.5 Å². The number of nitrogens with one attached hydrogen (secondary N) is 1. The first-order valence-corrected chi connectivity index (χ1v) is 8.36. The summed E-state index contributed by atoms with van der Waals surface area (Å²) in [7, 11) is 0. The van der Waals surface area contributed by atoms with Crippen LogP contribution in [0.1, 0.15) is 26.3 Å². The smallest absolute Gasteiger partial charge is 0.234 e. The zero-order chi connectivity index (χ0) is 16.2. The van der Waals surface area contributed by atoms with Gasteiger partial charge in [-0.15, -0.1) is 11.8 Å². The minimum absolute atomic E-state index is 0.0974. The third kappa shape index (κ3) is 4.75. The molecule has 2 rings (SSSR count). The number of aromatic nitrogens is 1. The Labute approximate surface area is 140 Å². The lowest BCUT2D eigenvalue weighted by molar-refractivity contribution is -0.113. The van der Waals surface area contributed by atoms with Gasteiger partial charge >= 0.3 is 0 Å². The summed E-state index contributed by atoms with van der Waals surface area (Å²) in [5, 5.41) is 3.06. The molecule has 0 atom stereocenters. The molecule has 1 aromatic carbocycles. The molecule has 1 N–H and O–H groups in total. The Morgan fingerprint density at radius 2 is 1.91 bits per heavy atom. The maximum atomic E-state index is 11.9. The van der Waals surface area contributed by atoms with Crippen molar-refractivity contribution in [2.24, 2.45) is 0 Å². The van der Waals surface area contributed by atoms with E-state index in [1.165, 1.54) is 17.3 Å². The van der Waals surface area contributed by atoms with E-state index in [1.807, 2.05) is 0 Å². The normalized spacial score (nSPS) is 11.3. The first-order chi connectivity index (χ1) is 10.4. The molecule has 0 saturated carbocycles. The van der Waals surface area contributed by atoms with Crippen LogP contribution in [0.2, 0.25) is 5.15 Å². The van der Waals surface area contributed by atoms with Crippen molar-refractivity contribution in [3.05, 3.63) is 53.3 Å². The van der Waals surface area contributed by atoms with Gasteiger partial charge in [-0.05, 0) is 35.2 Å². The van der Waals surface area contributed by atoms with E-state index in [0.717, 1.165) is 4.90 Å². The van der Waals surface area contributed by atoms with E-state index >= 15 is 0 Å². The van der Waals surface area contributed by atoms with Crippen LogP contribution in [-0.2, 0) is 10.2 Å². The van der Waals surface area contributed by atoms with Crippen molar-refractivity contribution in [3.8, 4) is 0 Å². The van der Waals surface area contributed by atoms with Crippen LogP contribution >= 0.6 is 23.4 Å². The molecule has 0 bridgehead atoms. The van der Waals surface area contributed by atoms with E-state index in [0.29, 0.717) is 16.6 Å². The number of carbonyl (C=O) groups is 1. The van der Waals surface area contributed by atoms with Gasteiger partial charge in [0.15, 0.2) is 5.15 Å². The lowest BCUT2D eigenvalue weighted by Crippen LogP contribution is -2.14. The van der Waals surface area contributed by atoms with E-state index in [9.17, 15) is 4.79 Å². The predicted octanol–water partition coefficient (Wildman–Crippen LogP) is 4.76. The van der Waals surface area contributed by atoms with E-state index in [-0.39, 0.29) is 11.3 Å². The molecular formula is C17H19ClN2OS. The number of thioether (sulfide) groups is 1. The van der Waals surface area contributed by atoms with Crippen molar-refractivity contribution >= 4 is 35.0 Å². The standard InChI is InChI=1S/C17H19ClN2OS/c1-17(2,3)12-6-8-13(9-7-12)22-11-15(21)20-14-5-4-10-19-16(14)18/h4-10H,11H2,1-3H3,(H,20,21). The molecule has 0 unspecified atom stereocenters. The number of rotatable bonds is 4. The number of anilines is 1. The Morgan fingerprint density at radius 1 is 1.23 bits per heavy atom. The van der Waals surface area contributed by atoms with Crippen molar-refractivity contribution in [1.29, 1.82) is 0 Å². The fraction of sp³-hybridized carbons (Fsp3) is 0.294. The molecule has 0 aliphatic carbocycles. The van der Waals surface area contributed by atoms with Crippen LogP contribution in [0, 0.1) is 0 Å². The number of nitrogens with zero attached hydrogens (tertiary/aromatic N) is 1. The van der Waals surface area contributed by atoms with Crippen LogP contribution in [0.5, 0.6) is 0 Å². The van der Waals surface area contributed by atoms with E-state index < -0.39 is 0 Å². The summed E-state index contributed by atoms with van der Waals surface area (Å²) < 4.78 is 0. The van der Waals surface area contributed by atoms with Gasteiger partial charge in [-0.25, -0.2) is 4.98 Å². The number of benzene rings is 1. The molecule has 1 aromatic heterocycles. The highest BCUT2D eigenvalue weighted by Gasteiger charge is 2.13. The van der Waals surface area contributed by atoms with Gasteiger partial charge in [0.25, 0.3) is 0 Å². The summed E-state index contributed by atoms with van der Waals surface area (Å²) in [6, 6.07) is 11.8. The second-order valence-electron chi connectivity index (χ2n) is 5.95. The second-order valence-corrected chi connectivity index (χ2v) is 7.36. The van der Waals surface area contributed by atoms with E-state index in [1.54, 1.807) is 18.3 Å². The van der Waals surface area contributed by atoms with Gasteiger partial charge in [-0.2, -0.15) is 0 Å². The molecule has 1 amide bonds. The zero-order valence-electron chi connectivity index (χ0n) is 12.9. The lowest BCUT2D eigenvalue weighted by Gasteiger charge is -2.19. The first kappa shape index (κ1) is 16.8. The van der Waals surface area contributed by atoms with Crippen molar-refractivity contribution in [2.75, 3.05) is 11.1 Å². The summed E-state index contributed by atoms with van der Waals surface area (Å²) in [4.78, 5) is 16.9. The third-order valence-electron chi connectivity index (χ3n) is 3.12. The van der Waals surface area contributed by atoms with Gasteiger partial charge in [0.05, 0.1) is 11.4 Å². The number of halogens is 1. The number of hydrogen-bond donors (Lipinski definition) is 1. The summed E-state index contributed by atoms with van der Waals surface area (Å²) >= 11 is 7.41. The Morgan fingerprint density at radius 3 is 2.50 bits per heavy atom. The maximum Gasteiger partial charge on any atom is 0.234 e. The van der Waals surface area contributed by atoms with Gasteiger partial charge in [0.1, 0.15) is 0 Å². The molecule has 0 radical (unpaired) electrons. The maximum absolute atomic E-state index is 11.9. The monoisotopic (exact) mass is 334 g/mol. The van der Waals surface area contributed by atoms with Gasteiger partial charge < -0.3 is 5.32 Å². The number of hydrogen-bond acceptors (Lipinski definition) is 3. The third-order valence-corrected chi connectivity index (χ3v) is 4.44. The van der Waals surface area contributed by atoms with Gasteiger partial charge in [0, 0.05) is 11.1 Å². The largest absolute Gasteiger partial charge is 0.323 e. The molecule has 0 fully saturated rings. The molecule has 1 heterocycles. The molecule has 22 heavy (non-hydrogen) atoms. The highest BCUT2D eigenvalue weighted by molar-refractivity contribution is 8.00. The van der Waals surface area contributed by atoms with Crippen molar-refractivity contribution in [2.45, 2.75) is 31.1 Å². The molecule has 0 spiro atoms. The lowest BCUT2D eigenvalue weighted by atomic mass is 9.87. The highest BCUT2D eigenvalue weighted by atomic mass is 35.5. The molecular weight excluding hydrogens is 316 g/mol. The Hall–Kier alpha value is -1.52. The molecule has 2 aromatic rings. The average Bonchev–Trinajstić information content (AvgIpc) is 2.47. The van der Waals surface area contributed by atoms with Crippen molar-refractivity contribution in [3.63, 3.8) is 0 Å². The minimum atomic E-state index is -0.0974. The topological polar surface area (TPSA) is 42.0 Å². The fourth-order valence-electron chi connectivity index (χ4n) is 1.87. The Kier molecular flexibility index (Phi) is 5.48. The zero-order valence-corrected chi connectivity index (χ0v) is 14.5. The van der Waals surface area contributed by atoms with Crippen molar-refractivity contribution < 1.29 is 4.79 Å². The fourth-order valence-corrected chi connectivity index (χ4v) is 2.73. The summed E-state index contributed by atoms with van der Waals surface area (Å²) in [6.45, 7) is 6.54. The van der Waals surface area contributed by atoms with Crippen LogP contribution in [0.25, 0.3) is 0 Å². The van der Waals surface area contributed by atoms with E-state index in [4.69, 9.17) is 11.6 Å². The molecule has 0 aliphatic heterocycles. The Balaban J connectivity index is 1.90. The van der Waals surface area contributed by atoms with Crippen LogP contribution in [-0.4, -0.2) is 16.6 Å². The molecule has 116 valence electrons. The average molecular weight is 335 g/mol. The SMILES string of the molecule is CC(C)(C)c1ccc(SCC(=O)Nc2cccnc2Cl)cc1. The van der Waals surface area contributed by atoms with Gasteiger partial charge in [0.2, 0.25) is 5.91 Å². The molecule has 0 aliphatic rings. The predicted molar refractivity (Wildman–Crippen MR) is 93.7 cm³/mol. The van der Waals surface area contributed by atoms with Crippen LogP contribution < -0.4 is 5.32 Å². The molecule has 3 nitrogen and oxygen atoms in total.